The van der Waals surface area contributed by atoms with E-state index in [0.29, 0.717) is 17.9 Å². The van der Waals surface area contributed by atoms with Crippen LogP contribution in [0.2, 0.25) is 0 Å². The van der Waals surface area contributed by atoms with Gasteiger partial charge in [-0.3, -0.25) is 4.79 Å². The van der Waals surface area contributed by atoms with E-state index in [4.69, 9.17) is 0 Å². The van der Waals surface area contributed by atoms with Crippen molar-refractivity contribution in [2.45, 2.75) is 13.5 Å². The molecular formula is C15H16FN3O. The Morgan fingerprint density at radius 1 is 1.25 bits per heavy atom. The van der Waals surface area contributed by atoms with Crippen molar-refractivity contribution >= 4 is 11.7 Å². The third-order valence-electron chi connectivity index (χ3n) is 2.75. The molecule has 0 aliphatic heterocycles. The van der Waals surface area contributed by atoms with Crippen molar-refractivity contribution in [2.75, 3.05) is 11.9 Å². The molecule has 4 nitrogen and oxygen atoms in total. The van der Waals surface area contributed by atoms with Crippen molar-refractivity contribution in [3.8, 4) is 0 Å². The molecule has 0 atom stereocenters. The molecule has 1 amide bonds. The van der Waals surface area contributed by atoms with E-state index in [1.807, 2.05) is 6.92 Å². The summed E-state index contributed by atoms with van der Waals surface area (Å²) in [5.41, 5.74) is 1.39. The summed E-state index contributed by atoms with van der Waals surface area (Å²) in [7, 11) is 0. The van der Waals surface area contributed by atoms with Gasteiger partial charge in [0.2, 0.25) is 0 Å². The van der Waals surface area contributed by atoms with E-state index in [-0.39, 0.29) is 11.7 Å². The normalized spacial score (nSPS) is 10.1. The van der Waals surface area contributed by atoms with Gasteiger partial charge in [0.1, 0.15) is 11.6 Å². The number of benzene rings is 1. The van der Waals surface area contributed by atoms with Gasteiger partial charge in [0, 0.05) is 24.8 Å². The first-order valence-electron chi connectivity index (χ1n) is 6.41. The fourth-order valence-corrected chi connectivity index (χ4v) is 1.74. The second kappa shape index (κ2) is 6.65. The Balaban J connectivity index is 1.97. The zero-order valence-corrected chi connectivity index (χ0v) is 11.2. The van der Waals surface area contributed by atoms with Crippen LogP contribution in [0.1, 0.15) is 22.8 Å². The van der Waals surface area contributed by atoms with E-state index in [0.717, 1.165) is 12.1 Å². The van der Waals surface area contributed by atoms with Crippen molar-refractivity contribution in [3.63, 3.8) is 0 Å². The smallest absolute Gasteiger partial charge is 0.251 e. The number of pyridine rings is 1. The maximum atomic E-state index is 12.8. The number of nitrogens with one attached hydrogen (secondary N) is 2. The largest absolute Gasteiger partial charge is 0.370 e. The summed E-state index contributed by atoms with van der Waals surface area (Å²) < 4.78 is 12.8. The van der Waals surface area contributed by atoms with E-state index >= 15 is 0 Å². The topological polar surface area (TPSA) is 54.0 Å². The van der Waals surface area contributed by atoms with Gasteiger partial charge in [-0.15, -0.1) is 0 Å². The molecule has 0 fully saturated rings. The summed E-state index contributed by atoms with van der Waals surface area (Å²) in [5.74, 6) is 0.197. The molecule has 2 N–H and O–H groups in total. The highest BCUT2D eigenvalue weighted by Crippen LogP contribution is 2.07. The van der Waals surface area contributed by atoms with Gasteiger partial charge in [0.05, 0.1) is 0 Å². The van der Waals surface area contributed by atoms with Gasteiger partial charge in [-0.2, -0.15) is 0 Å². The fraction of sp³-hybridized carbons (Fsp3) is 0.200. The van der Waals surface area contributed by atoms with E-state index in [1.54, 1.807) is 30.5 Å². The first-order chi connectivity index (χ1) is 9.69. The van der Waals surface area contributed by atoms with Crippen LogP contribution >= 0.6 is 0 Å². The standard InChI is InChI=1S/C15H16FN3O/c1-2-17-14-9-12(7-8-18-14)15(20)19-10-11-3-5-13(16)6-4-11/h3-9H,2,10H2,1H3,(H,17,18)(H,19,20). The predicted octanol–water partition coefficient (Wildman–Crippen LogP) is 2.58. The summed E-state index contributed by atoms with van der Waals surface area (Å²) in [6, 6.07) is 9.39. The molecule has 2 aromatic rings. The third-order valence-corrected chi connectivity index (χ3v) is 2.75. The average molecular weight is 273 g/mol. The van der Waals surface area contributed by atoms with Gasteiger partial charge in [-0.1, -0.05) is 12.1 Å². The van der Waals surface area contributed by atoms with E-state index in [2.05, 4.69) is 15.6 Å². The Labute approximate surface area is 117 Å². The lowest BCUT2D eigenvalue weighted by Crippen LogP contribution is -2.23. The van der Waals surface area contributed by atoms with Crippen LogP contribution in [0.15, 0.2) is 42.6 Å². The Morgan fingerprint density at radius 3 is 2.70 bits per heavy atom. The van der Waals surface area contributed by atoms with Crippen molar-refractivity contribution in [2.24, 2.45) is 0 Å². The van der Waals surface area contributed by atoms with Gasteiger partial charge in [-0.25, -0.2) is 9.37 Å². The molecule has 0 radical (unpaired) electrons. The molecule has 5 heteroatoms. The summed E-state index contributed by atoms with van der Waals surface area (Å²) in [4.78, 5) is 16.1. The maximum Gasteiger partial charge on any atom is 0.251 e. The number of rotatable bonds is 5. The lowest BCUT2D eigenvalue weighted by molar-refractivity contribution is 0.0951. The average Bonchev–Trinajstić information content (AvgIpc) is 2.47. The molecular weight excluding hydrogens is 257 g/mol. The minimum Gasteiger partial charge on any atom is -0.370 e. The Kier molecular flexibility index (Phi) is 4.65. The minimum atomic E-state index is -0.288. The Morgan fingerprint density at radius 2 is 2.00 bits per heavy atom. The van der Waals surface area contributed by atoms with Crippen molar-refractivity contribution < 1.29 is 9.18 Å². The van der Waals surface area contributed by atoms with Crippen LogP contribution in [-0.4, -0.2) is 17.4 Å². The molecule has 104 valence electrons. The summed E-state index contributed by atoms with van der Waals surface area (Å²) in [6.45, 7) is 3.06. The number of nitrogens with zero attached hydrogens (tertiary/aromatic N) is 1. The molecule has 0 aliphatic carbocycles. The van der Waals surface area contributed by atoms with Gasteiger partial charge in [0.15, 0.2) is 0 Å². The first-order valence-corrected chi connectivity index (χ1v) is 6.41. The van der Waals surface area contributed by atoms with Crippen LogP contribution in [0.4, 0.5) is 10.2 Å². The molecule has 0 saturated carbocycles. The number of hydrogen-bond acceptors (Lipinski definition) is 3. The summed E-state index contributed by atoms with van der Waals surface area (Å²) >= 11 is 0. The van der Waals surface area contributed by atoms with Crippen molar-refractivity contribution in [1.29, 1.82) is 0 Å². The first kappa shape index (κ1) is 14.0. The highest BCUT2D eigenvalue weighted by atomic mass is 19.1. The van der Waals surface area contributed by atoms with Crippen molar-refractivity contribution in [3.05, 3.63) is 59.5 Å². The van der Waals surface area contributed by atoms with Crippen LogP contribution in [0.3, 0.4) is 0 Å². The number of anilines is 1. The Hall–Kier alpha value is -2.43. The number of amides is 1. The molecule has 0 aliphatic rings. The third kappa shape index (κ3) is 3.78. The highest BCUT2D eigenvalue weighted by molar-refractivity contribution is 5.94. The highest BCUT2D eigenvalue weighted by Gasteiger charge is 2.06. The predicted molar refractivity (Wildman–Crippen MR) is 76.0 cm³/mol. The lowest BCUT2D eigenvalue weighted by atomic mass is 10.2. The number of hydrogen-bond donors (Lipinski definition) is 2. The van der Waals surface area contributed by atoms with Crippen LogP contribution in [-0.2, 0) is 6.54 Å². The van der Waals surface area contributed by atoms with Crippen LogP contribution in [0.25, 0.3) is 0 Å². The summed E-state index contributed by atoms with van der Waals surface area (Å²) in [5, 5.41) is 5.84. The fourth-order valence-electron chi connectivity index (χ4n) is 1.74. The van der Waals surface area contributed by atoms with E-state index in [1.165, 1.54) is 12.1 Å². The maximum absolute atomic E-state index is 12.8. The SMILES string of the molecule is CCNc1cc(C(=O)NCc2ccc(F)cc2)ccn1. The Bertz CT molecular complexity index is 584. The number of carbonyl (C=O) groups is 1. The molecule has 1 aromatic carbocycles. The van der Waals surface area contributed by atoms with Gasteiger partial charge >= 0.3 is 0 Å². The minimum absolute atomic E-state index is 0.184. The van der Waals surface area contributed by atoms with Crippen molar-refractivity contribution in [1.82, 2.24) is 10.3 Å². The van der Waals surface area contributed by atoms with Gasteiger partial charge in [0.25, 0.3) is 5.91 Å². The quantitative estimate of drug-likeness (QED) is 0.880. The number of halogens is 1. The zero-order valence-electron chi connectivity index (χ0n) is 11.2. The zero-order chi connectivity index (χ0) is 14.4. The molecule has 1 aromatic heterocycles. The van der Waals surface area contributed by atoms with Crippen LogP contribution in [0.5, 0.6) is 0 Å². The van der Waals surface area contributed by atoms with Crippen LogP contribution < -0.4 is 10.6 Å². The molecule has 2 rings (SSSR count). The second-order valence-electron chi connectivity index (χ2n) is 4.27. The molecule has 1 heterocycles. The summed E-state index contributed by atoms with van der Waals surface area (Å²) in [6.07, 6.45) is 1.59. The van der Waals surface area contributed by atoms with E-state index in [9.17, 15) is 9.18 Å². The monoisotopic (exact) mass is 273 g/mol. The lowest BCUT2D eigenvalue weighted by Gasteiger charge is -2.07. The molecule has 0 spiro atoms. The van der Waals surface area contributed by atoms with Gasteiger partial charge in [-0.05, 0) is 36.8 Å². The van der Waals surface area contributed by atoms with E-state index < -0.39 is 0 Å². The second-order valence-corrected chi connectivity index (χ2v) is 4.27. The molecule has 0 unspecified atom stereocenters. The van der Waals surface area contributed by atoms with Crippen LogP contribution in [0, 0.1) is 5.82 Å². The number of carbonyl (C=O) groups excluding carboxylic acids is 1. The number of aromatic nitrogens is 1. The molecule has 20 heavy (non-hydrogen) atoms. The molecule has 0 bridgehead atoms. The molecule has 0 saturated heterocycles. The van der Waals surface area contributed by atoms with Gasteiger partial charge < -0.3 is 10.6 Å².